The number of hydrogen-bond acceptors (Lipinski definition) is 6. The maximum Gasteiger partial charge on any atom is 0.275 e. The van der Waals surface area contributed by atoms with Crippen LogP contribution in [0.1, 0.15) is 21.6 Å². The summed E-state index contributed by atoms with van der Waals surface area (Å²) in [7, 11) is 3.16. The molecule has 0 aliphatic carbocycles. The Morgan fingerprint density at radius 1 is 0.929 bits per heavy atom. The number of ether oxygens (including phenoxy) is 2. The molecular weight excluding hydrogens is 356 g/mol. The summed E-state index contributed by atoms with van der Waals surface area (Å²) in [6.45, 7) is 3.96. The zero-order valence-electron chi connectivity index (χ0n) is 16.2. The first kappa shape index (κ1) is 19.2. The summed E-state index contributed by atoms with van der Waals surface area (Å²) in [5.41, 5.74) is 3.89. The fourth-order valence-electron chi connectivity index (χ4n) is 2.71. The number of rotatable bonds is 6. The molecule has 0 unspecified atom stereocenters. The van der Waals surface area contributed by atoms with Crippen LogP contribution < -0.4 is 20.1 Å². The molecule has 0 saturated carbocycles. The second-order valence-corrected chi connectivity index (χ2v) is 6.25. The molecule has 0 aliphatic rings. The molecule has 0 fully saturated rings. The first-order chi connectivity index (χ1) is 13.5. The summed E-state index contributed by atoms with van der Waals surface area (Å²) in [6.07, 6.45) is 2.94. The highest BCUT2D eigenvalue weighted by molar-refractivity contribution is 6.03. The van der Waals surface area contributed by atoms with Crippen molar-refractivity contribution in [3.63, 3.8) is 0 Å². The van der Waals surface area contributed by atoms with E-state index in [4.69, 9.17) is 9.47 Å². The van der Waals surface area contributed by atoms with Crippen molar-refractivity contribution in [2.75, 3.05) is 24.9 Å². The summed E-state index contributed by atoms with van der Waals surface area (Å²) >= 11 is 0. The van der Waals surface area contributed by atoms with Gasteiger partial charge in [0, 0.05) is 17.4 Å². The van der Waals surface area contributed by atoms with Crippen LogP contribution in [0.25, 0.3) is 0 Å². The molecule has 0 atom stereocenters. The smallest absolute Gasteiger partial charge is 0.275 e. The first-order valence-electron chi connectivity index (χ1n) is 8.70. The summed E-state index contributed by atoms with van der Waals surface area (Å²) < 4.78 is 10.5. The van der Waals surface area contributed by atoms with E-state index in [2.05, 4.69) is 20.6 Å². The van der Waals surface area contributed by atoms with Gasteiger partial charge in [-0.2, -0.15) is 0 Å². The molecule has 2 aromatic carbocycles. The van der Waals surface area contributed by atoms with Crippen LogP contribution in [-0.4, -0.2) is 30.1 Å². The second-order valence-electron chi connectivity index (χ2n) is 6.25. The predicted molar refractivity (Wildman–Crippen MR) is 109 cm³/mol. The van der Waals surface area contributed by atoms with Crippen molar-refractivity contribution in [2.24, 2.45) is 0 Å². The lowest BCUT2D eigenvalue weighted by Crippen LogP contribution is -2.15. The molecule has 0 saturated heterocycles. The Morgan fingerprint density at radius 2 is 1.71 bits per heavy atom. The van der Waals surface area contributed by atoms with Crippen LogP contribution in [0.3, 0.4) is 0 Å². The molecule has 7 nitrogen and oxygen atoms in total. The molecule has 144 valence electrons. The Balaban J connectivity index is 1.70. The van der Waals surface area contributed by atoms with Gasteiger partial charge in [0.1, 0.15) is 11.5 Å². The number of nitrogens with one attached hydrogen (secondary N) is 2. The van der Waals surface area contributed by atoms with Crippen LogP contribution in [-0.2, 0) is 0 Å². The molecule has 0 bridgehead atoms. The predicted octanol–water partition coefficient (Wildman–Crippen LogP) is 4.11. The van der Waals surface area contributed by atoms with E-state index >= 15 is 0 Å². The molecule has 1 aromatic heterocycles. The number of aryl methyl sites for hydroxylation is 2. The molecule has 0 aliphatic heterocycles. The molecule has 7 heteroatoms. The van der Waals surface area contributed by atoms with E-state index in [0.717, 1.165) is 22.5 Å². The van der Waals surface area contributed by atoms with Gasteiger partial charge in [-0.05, 0) is 37.6 Å². The van der Waals surface area contributed by atoms with Gasteiger partial charge in [-0.1, -0.05) is 17.7 Å². The van der Waals surface area contributed by atoms with Crippen LogP contribution in [0.5, 0.6) is 11.5 Å². The number of benzene rings is 2. The molecule has 28 heavy (non-hydrogen) atoms. The van der Waals surface area contributed by atoms with Gasteiger partial charge in [0.05, 0.1) is 26.6 Å². The van der Waals surface area contributed by atoms with Crippen LogP contribution >= 0.6 is 0 Å². The third-order valence-electron chi connectivity index (χ3n) is 4.17. The van der Waals surface area contributed by atoms with Crippen LogP contribution in [0.2, 0.25) is 0 Å². The average Bonchev–Trinajstić information content (AvgIpc) is 2.70. The van der Waals surface area contributed by atoms with Crippen molar-refractivity contribution < 1.29 is 14.3 Å². The Bertz CT molecular complexity index is 987. The number of aromatic nitrogens is 2. The van der Waals surface area contributed by atoms with E-state index in [9.17, 15) is 4.79 Å². The van der Waals surface area contributed by atoms with Crippen molar-refractivity contribution in [3.8, 4) is 11.5 Å². The van der Waals surface area contributed by atoms with Gasteiger partial charge in [0.2, 0.25) is 0 Å². The second kappa shape index (κ2) is 8.39. The van der Waals surface area contributed by atoms with E-state index in [1.807, 2.05) is 38.1 Å². The number of methoxy groups -OCH3 is 2. The fraction of sp³-hybridized carbons (Fsp3) is 0.190. The summed E-state index contributed by atoms with van der Waals surface area (Å²) in [6, 6.07) is 11.3. The third kappa shape index (κ3) is 4.37. The molecule has 1 amide bonds. The van der Waals surface area contributed by atoms with E-state index < -0.39 is 0 Å². The van der Waals surface area contributed by atoms with E-state index in [1.165, 1.54) is 12.4 Å². The Labute approximate surface area is 163 Å². The fourth-order valence-corrected chi connectivity index (χ4v) is 2.71. The molecule has 1 heterocycles. The van der Waals surface area contributed by atoms with E-state index in [-0.39, 0.29) is 11.6 Å². The lowest BCUT2D eigenvalue weighted by atomic mass is 10.1. The summed E-state index contributed by atoms with van der Waals surface area (Å²) in [5, 5.41) is 5.98. The highest BCUT2D eigenvalue weighted by Gasteiger charge is 2.11. The number of anilines is 3. The van der Waals surface area contributed by atoms with Crippen LogP contribution in [0.4, 0.5) is 17.2 Å². The van der Waals surface area contributed by atoms with Crippen molar-refractivity contribution in [1.82, 2.24) is 9.97 Å². The number of carbonyl (C=O) groups is 1. The Morgan fingerprint density at radius 3 is 2.36 bits per heavy atom. The van der Waals surface area contributed by atoms with Gasteiger partial charge in [-0.15, -0.1) is 0 Å². The van der Waals surface area contributed by atoms with Crippen LogP contribution in [0, 0.1) is 13.8 Å². The molecule has 0 radical (unpaired) electrons. The maximum atomic E-state index is 12.4. The number of carbonyl (C=O) groups excluding carboxylic acids is 1. The minimum atomic E-state index is -0.308. The zero-order valence-corrected chi connectivity index (χ0v) is 16.2. The topological polar surface area (TPSA) is 85.4 Å². The lowest BCUT2D eigenvalue weighted by molar-refractivity contribution is 0.102. The Kier molecular flexibility index (Phi) is 5.74. The number of nitrogens with zero attached hydrogens (tertiary/aromatic N) is 2. The molecule has 3 rings (SSSR count). The summed E-state index contributed by atoms with van der Waals surface area (Å²) in [5.74, 6) is 1.44. The quantitative estimate of drug-likeness (QED) is 0.671. The van der Waals surface area contributed by atoms with Gasteiger partial charge in [0.15, 0.2) is 11.5 Å². The highest BCUT2D eigenvalue weighted by atomic mass is 16.5. The minimum absolute atomic E-state index is 0.234. The van der Waals surface area contributed by atoms with Gasteiger partial charge >= 0.3 is 0 Å². The molecular formula is C21H22N4O3. The molecule has 2 N–H and O–H groups in total. The number of amides is 1. The lowest BCUT2D eigenvalue weighted by Gasteiger charge is -2.11. The van der Waals surface area contributed by atoms with Crippen molar-refractivity contribution in [1.29, 1.82) is 0 Å². The summed E-state index contributed by atoms with van der Waals surface area (Å²) in [4.78, 5) is 20.9. The number of hydrogen-bond donors (Lipinski definition) is 2. The largest absolute Gasteiger partial charge is 0.493 e. The zero-order chi connectivity index (χ0) is 20.1. The minimum Gasteiger partial charge on any atom is -0.493 e. The standard InChI is InChI=1S/C21H22N4O3/c1-13-5-7-16(14(2)9-13)25-21(26)17-11-23-20(12-22-17)24-15-6-8-18(27-3)19(10-15)28-4/h5-12H,1-4H3,(H,23,24)(H,25,26). The van der Waals surface area contributed by atoms with Gasteiger partial charge in [0.25, 0.3) is 5.91 Å². The van der Waals surface area contributed by atoms with Crippen LogP contribution in [0.15, 0.2) is 48.8 Å². The van der Waals surface area contributed by atoms with Gasteiger partial charge in [-0.25, -0.2) is 9.97 Å². The average molecular weight is 378 g/mol. The van der Waals surface area contributed by atoms with E-state index in [1.54, 1.807) is 26.4 Å². The molecule has 0 spiro atoms. The van der Waals surface area contributed by atoms with E-state index in [0.29, 0.717) is 17.3 Å². The van der Waals surface area contributed by atoms with Crippen molar-refractivity contribution in [2.45, 2.75) is 13.8 Å². The normalized spacial score (nSPS) is 10.3. The maximum absolute atomic E-state index is 12.4. The SMILES string of the molecule is COc1ccc(Nc2cnc(C(=O)Nc3ccc(C)cc3C)cn2)cc1OC. The first-order valence-corrected chi connectivity index (χ1v) is 8.70. The highest BCUT2D eigenvalue weighted by Crippen LogP contribution is 2.30. The van der Waals surface area contributed by atoms with Gasteiger partial charge < -0.3 is 20.1 Å². The van der Waals surface area contributed by atoms with Gasteiger partial charge in [-0.3, -0.25) is 4.79 Å². The molecule has 3 aromatic rings. The monoisotopic (exact) mass is 378 g/mol. The Hall–Kier alpha value is -3.61. The van der Waals surface area contributed by atoms with Crippen molar-refractivity contribution in [3.05, 3.63) is 65.6 Å². The third-order valence-corrected chi connectivity index (χ3v) is 4.17. The van der Waals surface area contributed by atoms with Crippen molar-refractivity contribution >= 4 is 23.1 Å².